The van der Waals surface area contributed by atoms with Gasteiger partial charge in [-0.1, -0.05) is 42.5 Å². The van der Waals surface area contributed by atoms with E-state index in [0.29, 0.717) is 17.0 Å². The quantitative estimate of drug-likeness (QED) is 0.318. The van der Waals surface area contributed by atoms with E-state index in [1.807, 2.05) is 36.4 Å². The van der Waals surface area contributed by atoms with Crippen LogP contribution in [0, 0.1) is 11.3 Å². The molecule has 5 rings (SSSR count). The number of nitriles is 1. The van der Waals surface area contributed by atoms with Crippen LogP contribution in [0.5, 0.6) is 0 Å². The number of rotatable bonds is 3. The number of carbonyl (C=O) groups is 2. The van der Waals surface area contributed by atoms with Gasteiger partial charge in [-0.25, -0.2) is 4.98 Å². The first-order chi connectivity index (χ1) is 15.5. The van der Waals surface area contributed by atoms with E-state index in [9.17, 15) is 14.9 Å². The van der Waals surface area contributed by atoms with Crippen LogP contribution >= 0.6 is 11.3 Å². The lowest BCUT2D eigenvalue weighted by Gasteiger charge is -2.25. The van der Waals surface area contributed by atoms with Crippen molar-refractivity contribution in [2.24, 2.45) is 0 Å². The minimum atomic E-state index is -0.559. The predicted molar refractivity (Wildman–Crippen MR) is 124 cm³/mol. The molecule has 0 N–H and O–H groups in total. The topological polar surface area (TPSA) is 87.2 Å². The summed E-state index contributed by atoms with van der Waals surface area (Å²) in [7, 11) is 0. The summed E-state index contributed by atoms with van der Waals surface area (Å²) in [6.45, 7) is 3.50. The summed E-state index contributed by atoms with van der Waals surface area (Å²) in [4.78, 5) is 30.9. The Labute approximate surface area is 187 Å². The Kier molecular flexibility index (Phi) is 4.72. The Morgan fingerprint density at radius 1 is 1.16 bits per heavy atom. The average molecular weight is 439 g/mol. The van der Waals surface area contributed by atoms with Crippen molar-refractivity contribution in [1.29, 1.82) is 5.26 Å². The van der Waals surface area contributed by atoms with Gasteiger partial charge in [0.25, 0.3) is 11.8 Å². The van der Waals surface area contributed by atoms with Crippen LogP contribution in [0.3, 0.4) is 0 Å². The third kappa shape index (κ3) is 3.04. The van der Waals surface area contributed by atoms with Gasteiger partial charge in [0.2, 0.25) is 5.71 Å². The number of furan rings is 1. The molecule has 0 saturated heterocycles. The largest absolute Gasteiger partial charge is 0.437 e. The molecule has 1 aliphatic rings. The van der Waals surface area contributed by atoms with E-state index in [4.69, 9.17) is 4.42 Å². The van der Waals surface area contributed by atoms with Crippen molar-refractivity contribution in [3.63, 3.8) is 0 Å². The van der Waals surface area contributed by atoms with Gasteiger partial charge in [-0.3, -0.25) is 14.5 Å². The highest BCUT2D eigenvalue weighted by molar-refractivity contribution is 7.21. The lowest BCUT2D eigenvalue weighted by Crippen LogP contribution is -2.42. The first-order valence-corrected chi connectivity index (χ1v) is 10.9. The van der Waals surface area contributed by atoms with Crippen molar-refractivity contribution in [2.45, 2.75) is 13.8 Å². The number of carbonyl (C=O) groups excluding carboxylic acids is 2. The molecule has 0 aliphatic carbocycles. The van der Waals surface area contributed by atoms with Crippen LogP contribution in [-0.2, 0) is 9.59 Å². The van der Waals surface area contributed by atoms with Crippen molar-refractivity contribution < 1.29 is 14.0 Å². The zero-order chi connectivity index (χ0) is 22.4. The number of imide groups is 1. The van der Waals surface area contributed by atoms with E-state index in [-0.39, 0.29) is 17.7 Å². The molecule has 2 aromatic carbocycles. The Hall–Kier alpha value is -4.02. The van der Waals surface area contributed by atoms with Gasteiger partial charge >= 0.3 is 0 Å². The molecule has 2 amide bonds. The molecule has 0 bridgehead atoms. The smallest absolute Gasteiger partial charge is 0.271 e. The molecule has 0 radical (unpaired) electrons. The van der Waals surface area contributed by atoms with E-state index < -0.39 is 11.8 Å². The molecule has 32 heavy (non-hydrogen) atoms. The van der Waals surface area contributed by atoms with Gasteiger partial charge in [-0.2, -0.15) is 5.26 Å². The summed E-state index contributed by atoms with van der Waals surface area (Å²) in [6.07, 6.45) is 1.58. The van der Waals surface area contributed by atoms with Crippen LogP contribution in [0.25, 0.3) is 37.8 Å². The van der Waals surface area contributed by atoms with Crippen LogP contribution in [0.4, 0.5) is 0 Å². The Morgan fingerprint density at radius 2 is 1.94 bits per heavy atom. The second kappa shape index (κ2) is 7.59. The number of hydrogen-bond acceptors (Lipinski definition) is 6. The molecular formula is C25H17N3O3S. The van der Waals surface area contributed by atoms with Gasteiger partial charge in [0.05, 0.1) is 4.70 Å². The second-order valence-electron chi connectivity index (χ2n) is 7.39. The number of likely N-dealkylation sites (N-methyl/N-ethyl adjacent to an activating group) is 1. The van der Waals surface area contributed by atoms with Crippen molar-refractivity contribution in [1.82, 2.24) is 9.88 Å². The number of fused-ring (bicyclic) bond motifs is 2. The lowest BCUT2D eigenvalue weighted by atomic mass is 9.95. The standard InChI is InChI=1S/C25H17N3O3S/c1-3-28-24(29)19(14(2)20(13-26)25(28)30)11-16-12-21-22(31-16)27-23(32-21)18-10-6-8-15-7-4-5-9-17(15)18/h4-12H,3H2,1-2H3/b19-11-. The summed E-state index contributed by atoms with van der Waals surface area (Å²) < 4.78 is 6.76. The zero-order valence-corrected chi connectivity index (χ0v) is 18.2. The third-order valence-corrected chi connectivity index (χ3v) is 6.57. The predicted octanol–water partition coefficient (Wildman–Crippen LogP) is 5.32. The molecule has 0 fully saturated rings. The lowest BCUT2D eigenvalue weighted by molar-refractivity contribution is -0.140. The number of aromatic nitrogens is 1. The summed E-state index contributed by atoms with van der Waals surface area (Å²) >= 11 is 1.51. The van der Waals surface area contributed by atoms with Gasteiger partial charge in [-0.15, -0.1) is 11.3 Å². The van der Waals surface area contributed by atoms with Gasteiger partial charge in [-0.05, 0) is 36.3 Å². The van der Waals surface area contributed by atoms with Gasteiger partial charge < -0.3 is 4.42 Å². The molecule has 0 saturated carbocycles. The molecule has 7 heteroatoms. The van der Waals surface area contributed by atoms with Crippen molar-refractivity contribution in [2.75, 3.05) is 6.54 Å². The fourth-order valence-electron chi connectivity index (χ4n) is 3.91. The highest BCUT2D eigenvalue weighted by Crippen LogP contribution is 2.36. The molecule has 1 aliphatic heterocycles. The van der Waals surface area contributed by atoms with Gasteiger partial charge in [0.1, 0.15) is 22.4 Å². The van der Waals surface area contributed by atoms with E-state index in [0.717, 1.165) is 30.9 Å². The molecule has 2 aromatic heterocycles. The maximum atomic E-state index is 12.8. The fraction of sp³-hybridized carbons (Fsp3) is 0.120. The van der Waals surface area contributed by atoms with Crippen LogP contribution in [0.1, 0.15) is 19.6 Å². The van der Waals surface area contributed by atoms with E-state index in [1.54, 1.807) is 19.9 Å². The third-order valence-electron chi connectivity index (χ3n) is 5.56. The number of nitrogens with zero attached hydrogens (tertiary/aromatic N) is 3. The molecule has 156 valence electrons. The zero-order valence-electron chi connectivity index (χ0n) is 17.4. The highest BCUT2D eigenvalue weighted by Gasteiger charge is 2.34. The van der Waals surface area contributed by atoms with Crippen LogP contribution < -0.4 is 0 Å². The Bertz CT molecular complexity index is 1490. The van der Waals surface area contributed by atoms with Crippen molar-refractivity contribution in [3.05, 3.63) is 71.0 Å². The molecule has 4 aromatic rings. The summed E-state index contributed by atoms with van der Waals surface area (Å²) in [5.74, 6) is -0.539. The first kappa shape index (κ1) is 19.9. The number of amides is 2. The monoisotopic (exact) mass is 439 g/mol. The van der Waals surface area contributed by atoms with Crippen molar-refractivity contribution in [3.8, 4) is 16.6 Å². The van der Waals surface area contributed by atoms with Crippen LogP contribution in [-0.4, -0.2) is 28.2 Å². The van der Waals surface area contributed by atoms with Crippen LogP contribution in [0.2, 0.25) is 0 Å². The average Bonchev–Trinajstić information content (AvgIpc) is 3.36. The molecule has 3 heterocycles. The molecule has 0 spiro atoms. The maximum absolute atomic E-state index is 12.8. The number of thiazole rings is 1. The fourth-order valence-corrected chi connectivity index (χ4v) is 4.88. The number of hydrogen-bond donors (Lipinski definition) is 0. The minimum absolute atomic E-state index is 0.0255. The Balaban J connectivity index is 1.57. The minimum Gasteiger partial charge on any atom is -0.437 e. The molecule has 0 unspecified atom stereocenters. The first-order valence-electron chi connectivity index (χ1n) is 10.1. The SMILES string of the molecule is CCN1C(=O)C(C#N)=C(C)/C(=C/c2cc3sc(-c4cccc5ccccc45)nc3o2)C1=O. The van der Waals surface area contributed by atoms with E-state index in [2.05, 4.69) is 23.2 Å². The normalized spacial score (nSPS) is 15.9. The van der Waals surface area contributed by atoms with Crippen LogP contribution in [0.15, 0.2) is 69.7 Å². The summed E-state index contributed by atoms with van der Waals surface area (Å²) in [5.41, 5.74) is 2.13. The summed E-state index contributed by atoms with van der Waals surface area (Å²) in [5, 5.41) is 12.5. The van der Waals surface area contributed by atoms with E-state index in [1.165, 1.54) is 11.3 Å². The molecule has 0 atom stereocenters. The highest BCUT2D eigenvalue weighted by atomic mass is 32.1. The van der Waals surface area contributed by atoms with Gasteiger partial charge in [0, 0.05) is 23.7 Å². The Morgan fingerprint density at radius 3 is 2.69 bits per heavy atom. The van der Waals surface area contributed by atoms with Gasteiger partial charge in [0.15, 0.2) is 0 Å². The number of benzene rings is 2. The molecule has 6 nitrogen and oxygen atoms in total. The van der Waals surface area contributed by atoms with E-state index >= 15 is 0 Å². The summed E-state index contributed by atoms with van der Waals surface area (Å²) in [6, 6.07) is 18.0. The maximum Gasteiger partial charge on any atom is 0.271 e. The second-order valence-corrected chi connectivity index (χ2v) is 8.42. The van der Waals surface area contributed by atoms with Crippen molar-refractivity contribution >= 4 is 50.4 Å². The molecular weight excluding hydrogens is 422 g/mol.